The van der Waals surface area contributed by atoms with E-state index in [1.807, 2.05) is 6.07 Å². The number of nitrogens with zero attached hydrogens (tertiary/aromatic N) is 1. The molecule has 2 heterocycles. The van der Waals surface area contributed by atoms with Crippen LogP contribution in [0, 0.1) is 5.92 Å². The molecule has 2 bridgehead atoms. The number of carbonyl (C=O) groups is 3. The predicted molar refractivity (Wildman–Crippen MR) is 118 cm³/mol. The number of esters is 2. The van der Waals surface area contributed by atoms with E-state index in [-0.39, 0.29) is 22.5 Å². The molecule has 170 valence electrons. The Labute approximate surface area is 191 Å². The number of likely N-dealkylation sites (tertiary alicyclic amines) is 1. The Morgan fingerprint density at radius 1 is 1.12 bits per heavy atom. The third-order valence-electron chi connectivity index (χ3n) is 7.93. The highest BCUT2D eigenvalue weighted by Crippen LogP contribution is 2.63. The summed E-state index contributed by atoms with van der Waals surface area (Å²) in [7, 11) is 2.17. The first kappa shape index (κ1) is 20.4. The number of ketones is 1. The van der Waals surface area contributed by atoms with Gasteiger partial charge in [0.1, 0.15) is 11.3 Å². The fourth-order valence-electron chi connectivity index (χ4n) is 6.62. The molecule has 2 fully saturated rings. The van der Waals surface area contributed by atoms with E-state index in [4.69, 9.17) is 14.2 Å². The van der Waals surface area contributed by atoms with Crippen LogP contribution in [0.25, 0.3) is 0 Å². The zero-order valence-electron chi connectivity index (χ0n) is 18.6. The third-order valence-corrected chi connectivity index (χ3v) is 7.93. The summed E-state index contributed by atoms with van der Waals surface area (Å²) >= 11 is 0. The van der Waals surface area contributed by atoms with Gasteiger partial charge in [0.2, 0.25) is 0 Å². The number of hydrogen-bond donors (Lipinski definition) is 0. The van der Waals surface area contributed by atoms with Crippen molar-refractivity contribution in [3.63, 3.8) is 0 Å². The molecule has 4 atom stereocenters. The Morgan fingerprint density at radius 3 is 2.76 bits per heavy atom. The summed E-state index contributed by atoms with van der Waals surface area (Å²) in [5, 5.41) is 0. The van der Waals surface area contributed by atoms with Crippen molar-refractivity contribution < 1.29 is 28.6 Å². The number of hydrogen-bond acceptors (Lipinski definition) is 7. The molecule has 1 saturated carbocycles. The van der Waals surface area contributed by atoms with Crippen LogP contribution in [0.5, 0.6) is 17.2 Å². The normalized spacial score (nSPS) is 29.2. The van der Waals surface area contributed by atoms with Crippen LogP contribution < -0.4 is 14.2 Å². The Balaban J connectivity index is 1.42. The van der Waals surface area contributed by atoms with Crippen molar-refractivity contribution in [2.45, 2.75) is 50.2 Å². The molecule has 33 heavy (non-hydrogen) atoms. The van der Waals surface area contributed by atoms with E-state index < -0.39 is 18.0 Å². The van der Waals surface area contributed by atoms with Crippen molar-refractivity contribution in [3.05, 3.63) is 53.1 Å². The maximum absolute atomic E-state index is 13.1. The molecule has 2 aliphatic heterocycles. The first-order valence-corrected chi connectivity index (χ1v) is 11.5. The molecular formula is C26H25NO6. The second kappa shape index (κ2) is 7.15. The van der Waals surface area contributed by atoms with Crippen LogP contribution in [0.15, 0.2) is 36.4 Å². The van der Waals surface area contributed by atoms with E-state index in [1.165, 1.54) is 12.5 Å². The Hall–Kier alpha value is -3.19. The summed E-state index contributed by atoms with van der Waals surface area (Å²) in [4.78, 5) is 39.9. The number of ether oxygens (including phenoxy) is 3. The number of Topliss-reactive ketones (excluding diaryl/α,β-unsaturated/α-hetero) is 1. The van der Waals surface area contributed by atoms with E-state index in [9.17, 15) is 14.4 Å². The summed E-state index contributed by atoms with van der Waals surface area (Å²) in [6.45, 7) is 2.19. The van der Waals surface area contributed by atoms with E-state index >= 15 is 0 Å². The number of carbonyl (C=O) groups excluding carboxylic acids is 3. The molecule has 4 aliphatic rings. The molecule has 0 unspecified atom stereocenters. The topological polar surface area (TPSA) is 82.1 Å². The smallest absolute Gasteiger partial charge is 0.347 e. The molecule has 7 heteroatoms. The second-order valence-corrected chi connectivity index (χ2v) is 9.56. The van der Waals surface area contributed by atoms with Gasteiger partial charge in [-0.15, -0.1) is 0 Å². The predicted octanol–water partition coefficient (Wildman–Crippen LogP) is 3.07. The van der Waals surface area contributed by atoms with Gasteiger partial charge >= 0.3 is 11.9 Å². The average Bonchev–Trinajstić information content (AvgIpc) is 3.14. The summed E-state index contributed by atoms with van der Waals surface area (Å²) in [6.07, 6.45) is 2.63. The van der Waals surface area contributed by atoms with Crippen molar-refractivity contribution in [2.24, 2.45) is 5.92 Å². The largest absolute Gasteiger partial charge is 0.477 e. The number of rotatable bonds is 3. The molecule has 1 spiro atoms. The van der Waals surface area contributed by atoms with Gasteiger partial charge in [-0.3, -0.25) is 9.59 Å². The van der Waals surface area contributed by atoms with Crippen molar-refractivity contribution in [1.29, 1.82) is 0 Å². The minimum absolute atomic E-state index is 0.135. The molecule has 0 aromatic heterocycles. The molecule has 2 aromatic carbocycles. The van der Waals surface area contributed by atoms with Crippen LogP contribution in [-0.2, 0) is 21.4 Å². The van der Waals surface area contributed by atoms with Gasteiger partial charge < -0.3 is 19.1 Å². The highest BCUT2D eigenvalue weighted by atomic mass is 16.6. The van der Waals surface area contributed by atoms with Crippen molar-refractivity contribution in [1.82, 2.24) is 4.90 Å². The quantitative estimate of drug-likeness (QED) is 0.528. The van der Waals surface area contributed by atoms with Crippen LogP contribution in [0.3, 0.4) is 0 Å². The molecule has 0 radical (unpaired) electrons. The maximum atomic E-state index is 13.1. The first-order chi connectivity index (χ1) is 15.9. The molecule has 7 nitrogen and oxygen atoms in total. The van der Waals surface area contributed by atoms with Crippen LogP contribution in [0.4, 0.5) is 0 Å². The molecule has 6 rings (SSSR count). The van der Waals surface area contributed by atoms with Gasteiger partial charge in [-0.1, -0.05) is 18.2 Å². The van der Waals surface area contributed by atoms with Gasteiger partial charge in [-0.25, -0.2) is 4.79 Å². The summed E-state index contributed by atoms with van der Waals surface area (Å²) in [5.41, 5.74) is 2.05. The fourth-order valence-corrected chi connectivity index (χ4v) is 6.62. The van der Waals surface area contributed by atoms with E-state index in [2.05, 4.69) is 11.9 Å². The van der Waals surface area contributed by atoms with Crippen LogP contribution in [0.1, 0.15) is 47.7 Å². The second-order valence-electron chi connectivity index (χ2n) is 9.56. The lowest BCUT2D eigenvalue weighted by molar-refractivity contribution is -0.138. The summed E-state index contributed by atoms with van der Waals surface area (Å²) < 4.78 is 17.3. The minimum Gasteiger partial charge on any atom is -0.477 e. The molecule has 2 aliphatic carbocycles. The minimum atomic E-state index is -0.640. The molecule has 2 aromatic rings. The summed E-state index contributed by atoms with van der Waals surface area (Å²) in [5.74, 6) is 0.308. The first-order valence-electron chi connectivity index (χ1n) is 11.5. The van der Waals surface area contributed by atoms with Crippen molar-refractivity contribution in [2.75, 3.05) is 13.6 Å². The fraction of sp³-hybridized carbons (Fsp3) is 0.423. The lowest BCUT2D eigenvalue weighted by Crippen LogP contribution is -2.65. The lowest BCUT2D eigenvalue weighted by Gasteiger charge is -2.57. The molecule has 0 N–H and O–H groups in total. The van der Waals surface area contributed by atoms with Crippen LogP contribution >= 0.6 is 0 Å². The van der Waals surface area contributed by atoms with Crippen LogP contribution in [0.2, 0.25) is 0 Å². The van der Waals surface area contributed by atoms with Crippen molar-refractivity contribution >= 4 is 17.7 Å². The number of para-hydroxylation sites is 1. The number of benzene rings is 2. The van der Waals surface area contributed by atoms with Gasteiger partial charge in [0.15, 0.2) is 23.4 Å². The maximum Gasteiger partial charge on any atom is 0.347 e. The highest BCUT2D eigenvalue weighted by molar-refractivity contribution is 5.95. The SMILES string of the molecule is CC(=O)Oc1ccccc1C(=O)Oc1ccc2c3c1O[C@H]1C(=O)CC[C@H]4[C@@H](C2)N(C)CC[C@]314. The van der Waals surface area contributed by atoms with Gasteiger partial charge in [-0.05, 0) is 62.5 Å². The van der Waals surface area contributed by atoms with Gasteiger partial charge in [-0.2, -0.15) is 0 Å². The monoisotopic (exact) mass is 447 g/mol. The van der Waals surface area contributed by atoms with Crippen LogP contribution in [-0.4, -0.2) is 48.4 Å². The zero-order chi connectivity index (χ0) is 22.9. The third kappa shape index (κ3) is 2.81. The Bertz CT molecular complexity index is 1210. The standard InChI is InChI=1S/C26H25NO6/c1-14(28)31-20-6-4-3-5-16(20)25(30)32-21-10-7-15-13-18-17-8-9-19(29)24-26(17,11-12-27(18)2)22(15)23(21)33-24/h3-7,10,17-18,24H,8-9,11-13H2,1-2H3/t17-,18+,24-,26-/m0/s1. The Morgan fingerprint density at radius 2 is 1.94 bits per heavy atom. The molecule has 1 saturated heterocycles. The van der Waals surface area contributed by atoms with Gasteiger partial charge in [0, 0.05) is 30.4 Å². The highest BCUT2D eigenvalue weighted by Gasteiger charge is 2.65. The number of likely N-dealkylation sites (N-methyl/N-ethyl adjacent to an activating group) is 1. The molecular weight excluding hydrogens is 422 g/mol. The number of piperidine rings is 1. The Kier molecular flexibility index (Phi) is 4.43. The average molecular weight is 447 g/mol. The zero-order valence-corrected chi connectivity index (χ0v) is 18.6. The molecule has 0 amide bonds. The summed E-state index contributed by atoms with van der Waals surface area (Å²) in [6, 6.07) is 10.6. The van der Waals surface area contributed by atoms with Gasteiger partial charge in [0.05, 0.1) is 0 Å². The van der Waals surface area contributed by atoms with E-state index in [1.54, 1.807) is 30.3 Å². The van der Waals surface area contributed by atoms with E-state index in [0.29, 0.717) is 29.9 Å². The van der Waals surface area contributed by atoms with Gasteiger partial charge in [0.25, 0.3) is 0 Å². The van der Waals surface area contributed by atoms with Crippen molar-refractivity contribution in [3.8, 4) is 17.2 Å². The van der Waals surface area contributed by atoms with E-state index in [0.717, 1.165) is 31.4 Å². The lowest BCUT2D eigenvalue weighted by atomic mass is 9.52.